The van der Waals surface area contributed by atoms with Crippen LogP contribution < -0.4 is 4.90 Å². The van der Waals surface area contributed by atoms with Crippen LogP contribution in [0.3, 0.4) is 0 Å². The van der Waals surface area contributed by atoms with E-state index >= 15 is 0 Å². The molecule has 1 saturated heterocycles. The van der Waals surface area contributed by atoms with E-state index in [4.69, 9.17) is 0 Å². The van der Waals surface area contributed by atoms with Gasteiger partial charge in [0.25, 0.3) is 0 Å². The highest BCUT2D eigenvalue weighted by Gasteiger charge is 2.28. The molecule has 2 aromatic rings. The first-order valence-electron chi connectivity index (χ1n) is 8.06. The topological polar surface area (TPSA) is 81.0 Å². The number of rotatable bonds is 6. The maximum atomic E-state index is 12.4. The van der Waals surface area contributed by atoms with Crippen molar-refractivity contribution in [1.29, 1.82) is 0 Å². The summed E-state index contributed by atoms with van der Waals surface area (Å²) in [7, 11) is 0. The van der Waals surface area contributed by atoms with Crippen LogP contribution >= 0.6 is 11.8 Å². The molecular weight excluding hydrogens is 326 g/mol. The largest absolute Gasteiger partial charge is 0.312 e. The standard InChI is InChI=1S/C16H17N5O2S/c22-14(10-24-16-17-18-19-21(16)13-7-8-13)11-3-5-12(6-4-11)20-9-1-2-15(20)23/h3-6,13H,1-2,7-10H2. The maximum absolute atomic E-state index is 12.4. The number of hydrogen-bond acceptors (Lipinski definition) is 6. The van der Waals surface area contributed by atoms with Gasteiger partial charge in [0.1, 0.15) is 0 Å². The van der Waals surface area contributed by atoms with E-state index in [9.17, 15) is 9.59 Å². The van der Waals surface area contributed by atoms with Crippen molar-refractivity contribution in [2.75, 3.05) is 17.2 Å². The summed E-state index contributed by atoms with van der Waals surface area (Å²) in [5.41, 5.74) is 1.50. The molecule has 0 unspecified atom stereocenters. The molecule has 0 atom stereocenters. The van der Waals surface area contributed by atoms with Gasteiger partial charge >= 0.3 is 0 Å². The molecule has 1 saturated carbocycles. The van der Waals surface area contributed by atoms with Crippen LogP contribution in [0.15, 0.2) is 29.4 Å². The van der Waals surface area contributed by atoms with E-state index in [0.717, 1.165) is 31.5 Å². The lowest BCUT2D eigenvalue weighted by molar-refractivity contribution is -0.117. The molecule has 0 spiro atoms. The number of nitrogens with zero attached hydrogens (tertiary/aromatic N) is 5. The Morgan fingerprint density at radius 3 is 2.71 bits per heavy atom. The van der Waals surface area contributed by atoms with Crippen molar-refractivity contribution in [2.24, 2.45) is 0 Å². The Morgan fingerprint density at radius 2 is 2.04 bits per heavy atom. The van der Waals surface area contributed by atoms with Gasteiger partial charge in [0.15, 0.2) is 5.78 Å². The van der Waals surface area contributed by atoms with Crippen molar-refractivity contribution < 1.29 is 9.59 Å². The third-order valence-corrected chi connectivity index (χ3v) is 5.20. The first-order chi connectivity index (χ1) is 11.7. The quantitative estimate of drug-likeness (QED) is 0.590. The Labute approximate surface area is 143 Å². The number of hydrogen-bond donors (Lipinski definition) is 0. The van der Waals surface area contributed by atoms with Crippen molar-refractivity contribution in [2.45, 2.75) is 36.9 Å². The number of Topliss-reactive ketones (excluding diaryl/α,β-unsaturated/α-hetero) is 1. The van der Waals surface area contributed by atoms with Gasteiger partial charge in [-0.2, -0.15) is 0 Å². The molecule has 2 aliphatic rings. The van der Waals surface area contributed by atoms with E-state index in [0.29, 0.717) is 28.9 Å². The summed E-state index contributed by atoms with van der Waals surface area (Å²) < 4.78 is 1.81. The van der Waals surface area contributed by atoms with Crippen LogP contribution in [0.2, 0.25) is 0 Å². The zero-order chi connectivity index (χ0) is 16.5. The number of thioether (sulfide) groups is 1. The molecule has 7 nitrogen and oxygen atoms in total. The van der Waals surface area contributed by atoms with Crippen molar-refractivity contribution in [3.05, 3.63) is 29.8 Å². The number of ketones is 1. The predicted octanol–water partition coefficient (Wildman–Crippen LogP) is 2.11. The molecule has 8 heteroatoms. The molecule has 1 amide bonds. The van der Waals surface area contributed by atoms with Crippen molar-refractivity contribution in [3.8, 4) is 0 Å². The molecule has 0 N–H and O–H groups in total. The van der Waals surface area contributed by atoms with Gasteiger partial charge in [-0.05, 0) is 54.0 Å². The van der Waals surface area contributed by atoms with Gasteiger partial charge in [0, 0.05) is 24.2 Å². The first-order valence-corrected chi connectivity index (χ1v) is 9.05. The monoisotopic (exact) mass is 343 g/mol. The van der Waals surface area contributed by atoms with Gasteiger partial charge in [-0.1, -0.05) is 11.8 Å². The van der Waals surface area contributed by atoms with E-state index in [-0.39, 0.29) is 11.7 Å². The number of anilines is 1. The molecule has 2 heterocycles. The Balaban J connectivity index is 1.39. The number of carbonyl (C=O) groups excluding carboxylic acids is 2. The maximum Gasteiger partial charge on any atom is 0.227 e. The van der Waals surface area contributed by atoms with Crippen LogP contribution in [-0.4, -0.2) is 44.2 Å². The molecule has 1 aliphatic heterocycles. The molecule has 2 fully saturated rings. The van der Waals surface area contributed by atoms with Gasteiger partial charge < -0.3 is 4.90 Å². The third kappa shape index (κ3) is 3.06. The number of benzene rings is 1. The summed E-state index contributed by atoms with van der Waals surface area (Å²) in [6, 6.07) is 7.65. The second kappa shape index (κ2) is 6.35. The van der Waals surface area contributed by atoms with Crippen molar-refractivity contribution >= 4 is 29.1 Å². The highest BCUT2D eigenvalue weighted by molar-refractivity contribution is 7.99. The molecule has 1 aliphatic carbocycles. The minimum Gasteiger partial charge on any atom is -0.312 e. The lowest BCUT2D eigenvalue weighted by Gasteiger charge is -2.15. The van der Waals surface area contributed by atoms with Crippen LogP contribution in [0, 0.1) is 0 Å². The van der Waals surface area contributed by atoms with Gasteiger partial charge in [0.05, 0.1) is 11.8 Å². The molecular formula is C16H17N5O2S. The fourth-order valence-corrected chi connectivity index (χ4v) is 3.63. The van der Waals surface area contributed by atoms with Crippen molar-refractivity contribution in [1.82, 2.24) is 20.2 Å². The van der Waals surface area contributed by atoms with Crippen LogP contribution in [0.4, 0.5) is 5.69 Å². The fourth-order valence-electron chi connectivity index (χ4n) is 2.79. The van der Waals surface area contributed by atoms with Crippen LogP contribution in [0.5, 0.6) is 0 Å². The highest BCUT2D eigenvalue weighted by Crippen LogP contribution is 2.36. The minimum atomic E-state index is 0.0321. The number of carbonyl (C=O) groups is 2. The fraction of sp³-hybridized carbons (Fsp3) is 0.438. The minimum absolute atomic E-state index is 0.0321. The van der Waals surface area contributed by atoms with Crippen LogP contribution in [-0.2, 0) is 4.79 Å². The molecule has 0 bridgehead atoms. The van der Waals surface area contributed by atoms with Gasteiger partial charge in [0.2, 0.25) is 11.1 Å². The molecule has 0 radical (unpaired) electrons. The average molecular weight is 343 g/mol. The van der Waals surface area contributed by atoms with E-state index in [1.807, 2.05) is 12.1 Å². The zero-order valence-electron chi connectivity index (χ0n) is 13.1. The van der Waals surface area contributed by atoms with E-state index in [1.54, 1.807) is 21.7 Å². The Hall–Kier alpha value is -2.22. The lowest BCUT2D eigenvalue weighted by Crippen LogP contribution is -2.23. The number of tetrazole rings is 1. The average Bonchev–Trinajstić information content (AvgIpc) is 3.18. The first kappa shape index (κ1) is 15.3. The second-order valence-corrected chi connectivity index (χ2v) is 6.99. The Morgan fingerprint density at radius 1 is 1.25 bits per heavy atom. The van der Waals surface area contributed by atoms with Crippen LogP contribution in [0.25, 0.3) is 0 Å². The molecule has 24 heavy (non-hydrogen) atoms. The zero-order valence-corrected chi connectivity index (χ0v) is 13.9. The summed E-state index contributed by atoms with van der Waals surface area (Å²) in [6.45, 7) is 0.756. The summed E-state index contributed by atoms with van der Waals surface area (Å²) in [6.07, 6.45) is 3.70. The summed E-state index contributed by atoms with van der Waals surface area (Å²) in [5.74, 6) is 0.482. The number of aromatic nitrogens is 4. The summed E-state index contributed by atoms with van der Waals surface area (Å²) in [5, 5.41) is 12.4. The third-order valence-electron chi connectivity index (χ3n) is 4.26. The van der Waals surface area contributed by atoms with E-state index in [1.165, 1.54) is 11.8 Å². The van der Waals surface area contributed by atoms with Gasteiger partial charge in [-0.25, -0.2) is 4.68 Å². The molecule has 4 rings (SSSR count). The lowest BCUT2D eigenvalue weighted by atomic mass is 10.1. The molecule has 1 aromatic carbocycles. The molecule has 1 aromatic heterocycles. The Kier molecular flexibility index (Phi) is 4.05. The van der Waals surface area contributed by atoms with E-state index < -0.39 is 0 Å². The Bertz CT molecular complexity index is 769. The van der Waals surface area contributed by atoms with Crippen LogP contribution in [0.1, 0.15) is 42.1 Å². The normalized spacial score (nSPS) is 17.5. The SMILES string of the molecule is O=C(CSc1nnnn1C1CC1)c1ccc(N2CCCC2=O)cc1. The summed E-state index contributed by atoms with van der Waals surface area (Å²) in [4.78, 5) is 25.9. The summed E-state index contributed by atoms with van der Waals surface area (Å²) >= 11 is 1.37. The smallest absolute Gasteiger partial charge is 0.227 e. The predicted molar refractivity (Wildman–Crippen MR) is 89.2 cm³/mol. The van der Waals surface area contributed by atoms with Crippen molar-refractivity contribution in [3.63, 3.8) is 0 Å². The second-order valence-electron chi connectivity index (χ2n) is 6.04. The number of amides is 1. The van der Waals surface area contributed by atoms with Gasteiger partial charge in [-0.15, -0.1) is 5.10 Å². The molecule has 124 valence electrons. The van der Waals surface area contributed by atoms with E-state index in [2.05, 4.69) is 15.5 Å². The highest BCUT2D eigenvalue weighted by atomic mass is 32.2. The van der Waals surface area contributed by atoms with Gasteiger partial charge in [-0.3, -0.25) is 9.59 Å².